The second-order valence-corrected chi connectivity index (χ2v) is 9.48. The second kappa shape index (κ2) is 10.9. The molecule has 3 heterocycles. The average molecular weight is 508 g/mol. The quantitative estimate of drug-likeness (QED) is 0.573. The summed E-state index contributed by atoms with van der Waals surface area (Å²) in [5.74, 6) is 0.501. The number of hydrogen-bond donors (Lipinski definition) is 1. The zero-order chi connectivity index (χ0) is 25.1. The normalized spacial score (nSPS) is 26.6. The molecule has 35 heavy (non-hydrogen) atoms. The molecule has 1 N–H and O–H groups in total. The Hall–Kier alpha value is -2.78. The topological polar surface area (TPSA) is 84.4 Å². The van der Waals surface area contributed by atoms with Crippen LogP contribution in [-0.4, -0.2) is 74.3 Å². The van der Waals surface area contributed by atoms with Crippen molar-refractivity contribution in [2.45, 2.75) is 44.2 Å². The summed E-state index contributed by atoms with van der Waals surface area (Å²) in [6.45, 7) is 3.79. The van der Waals surface area contributed by atoms with Crippen LogP contribution in [0.15, 0.2) is 36.5 Å². The van der Waals surface area contributed by atoms with Gasteiger partial charge in [-0.1, -0.05) is 18.5 Å². The molecule has 190 valence electrons. The summed E-state index contributed by atoms with van der Waals surface area (Å²) in [6.07, 6.45) is 0.226. The first-order chi connectivity index (χ1) is 16.8. The van der Waals surface area contributed by atoms with E-state index in [2.05, 4.69) is 16.8 Å². The van der Waals surface area contributed by atoms with Gasteiger partial charge in [0.1, 0.15) is 24.1 Å². The van der Waals surface area contributed by atoms with Gasteiger partial charge in [0.15, 0.2) is 0 Å². The molecule has 1 aromatic heterocycles. The van der Waals surface area contributed by atoms with Crippen molar-refractivity contribution < 1.29 is 28.5 Å². The fourth-order valence-corrected chi connectivity index (χ4v) is 5.25. The summed E-state index contributed by atoms with van der Waals surface area (Å²) in [7, 11) is 2.99. The smallest absolute Gasteiger partial charge is 0.305 e. The molecule has 2 aliphatic rings. The molecule has 1 aromatic carbocycles. The number of halogens is 2. The maximum absolute atomic E-state index is 14.5. The van der Waals surface area contributed by atoms with Gasteiger partial charge < -0.3 is 29.1 Å². The molecule has 4 rings (SSSR count). The molecule has 5 atom stereocenters. The van der Waals surface area contributed by atoms with Crippen LogP contribution in [-0.2, 0) is 9.53 Å². The van der Waals surface area contributed by atoms with Gasteiger partial charge in [-0.25, -0.2) is 9.37 Å². The predicted molar refractivity (Wildman–Crippen MR) is 132 cm³/mol. The van der Waals surface area contributed by atoms with E-state index in [4.69, 9.17) is 25.8 Å². The number of aliphatic carboxylic acids is 1. The number of alkyl halides is 1. The highest BCUT2D eigenvalue weighted by atomic mass is 35.5. The number of carboxylic acids is 1. The van der Waals surface area contributed by atoms with E-state index < -0.39 is 24.3 Å². The number of anilines is 2. The molecule has 0 bridgehead atoms. The zero-order valence-corrected chi connectivity index (χ0v) is 20.8. The standard InChI is InChI=1S/C25H31ClFN3O5/c1-15-13-29(20-10-23(33-2)28-12-18(20)26)9-8-22(15)35-17-6-4-16(5-7-17)30-14-19(27)25(34-3)21(30)11-24(31)32/h4-7,10,12,15,19,21-22,25H,8-9,11,13-14H2,1-3H3,(H,31,32). The molecule has 2 aliphatic heterocycles. The number of nitrogens with zero attached hydrogens (tertiary/aromatic N) is 3. The molecule has 8 nitrogen and oxygen atoms in total. The summed E-state index contributed by atoms with van der Waals surface area (Å²) in [6, 6.07) is 8.67. The first kappa shape index (κ1) is 25.3. The van der Waals surface area contributed by atoms with Gasteiger partial charge in [-0.3, -0.25) is 4.79 Å². The zero-order valence-electron chi connectivity index (χ0n) is 20.1. The fourth-order valence-electron chi connectivity index (χ4n) is 5.02. The fraction of sp³-hybridized carbons (Fsp3) is 0.520. The Labute approximate surface area is 209 Å². The van der Waals surface area contributed by atoms with Crippen LogP contribution in [0.2, 0.25) is 5.02 Å². The van der Waals surface area contributed by atoms with Gasteiger partial charge in [-0.15, -0.1) is 0 Å². The molecule has 0 amide bonds. The lowest BCUT2D eigenvalue weighted by molar-refractivity contribution is -0.138. The number of methoxy groups -OCH3 is 2. The SMILES string of the molecule is COc1cc(N2CCC(Oc3ccc(N4CC(F)C(OC)C4CC(=O)O)cc3)C(C)C2)c(Cl)cn1. The van der Waals surface area contributed by atoms with Gasteiger partial charge in [0.2, 0.25) is 5.88 Å². The maximum Gasteiger partial charge on any atom is 0.305 e. The van der Waals surface area contributed by atoms with E-state index in [1.54, 1.807) is 18.2 Å². The molecule has 2 aromatic rings. The maximum atomic E-state index is 14.5. The van der Waals surface area contributed by atoms with Crippen LogP contribution >= 0.6 is 11.6 Å². The number of benzene rings is 1. The number of carbonyl (C=O) groups is 1. The molecule has 0 saturated carbocycles. The van der Waals surface area contributed by atoms with E-state index in [1.807, 2.05) is 30.3 Å². The molecule has 0 spiro atoms. The van der Waals surface area contributed by atoms with Crippen molar-refractivity contribution in [2.24, 2.45) is 5.92 Å². The van der Waals surface area contributed by atoms with Crippen molar-refractivity contribution in [3.8, 4) is 11.6 Å². The van der Waals surface area contributed by atoms with Crippen molar-refractivity contribution >= 4 is 28.9 Å². The molecular weight excluding hydrogens is 477 g/mol. The van der Waals surface area contributed by atoms with Gasteiger partial charge in [-0.2, -0.15) is 0 Å². The van der Waals surface area contributed by atoms with Gasteiger partial charge >= 0.3 is 5.97 Å². The molecule has 5 unspecified atom stereocenters. The first-order valence-electron chi connectivity index (χ1n) is 11.7. The number of aromatic nitrogens is 1. The minimum atomic E-state index is -1.25. The van der Waals surface area contributed by atoms with Crippen molar-refractivity contribution in [3.63, 3.8) is 0 Å². The Morgan fingerprint density at radius 2 is 2.00 bits per heavy atom. The number of carboxylic acid groups (broad SMARTS) is 1. The van der Waals surface area contributed by atoms with Crippen molar-refractivity contribution in [1.82, 2.24) is 4.98 Å². The van der Waals surface area contributed by atoms with E-state index in [9.17, 15) is 14.3 Å². The number of rotatable bonds is 8. The van der Waals surface area contributed by atoms with Gasteiger partial charge in [0.05, 0.1) is 43.0 Å². The molecule has 10 heteroatoms. The van der Waals surface area contributed by atoms with Crippen molar-refractivity contribution in [3.05, 3.63) is 41.6 Å². The third-order valence-corrected chi connectivity index (χ3v) is 7.10. The summed E-state index contributed by atoms with van der Waals surface area (Å²) in [4.78, 5) is 19.5. The van der Waals surface area contributed by atoms with Crippen LogP contribution in [0.5, 0.6) is 11.6 Å². The molecule has 0 radical (unpaired) electrons. The van der Waals surface area contributed by atoms with Crippen LogP contribution < -0.4 is 19.3 Å². The highest BCUT2D eigenvalue weighted by molar-refractivity contribution is 6.33. The Morgan fingerprint density at radius 3 is 2.63 bits per heavy atom. The summed E-state index contributed by atoms with van der Waals surface area (Å²) in [5.41, 5.74) is 1.64. The summed E-state index contributed by atoms with van der Waals surface area (Å²) in [5, 5.41) is 9.86. The van der Waals surface area contributed by atoms with Gasteiger partial charge in [-0.05, 0) is 24.3 Å². The van der Waals surface area contributed by atoms with Crippen molar-refractivity contribution in [1.29, 1.82) is 0 Å². The second-order valence-electron chi connectivity index (χ2n) is 9.07. The number of piperidine rings is 1. The highest BCUT2D eigenvalue weighted by Gasteiger charge is 2.43. The van der Waals surface area contributed by atoms with E-state index >= 15 is 0 Å². The Kier molecular flexibility index (Phi) is 7.86. The lowest BCUT2D eigenvalue weighted by Gasteiger charge is -2.38. The van der Waals surface area contributed by atoms with Crippen molar-refractivity contribution in [2.75, 3.05) is 43.7 Å². The van der Waals surface area contributed by atoms with E-state index in [-0.39, 0.29) is 25.0 Å². The molecule has 2 fully saturated rings. The Bertz CT molecular complexity index is 1030. The Balaban J connectivity index is 1.40. The third-order valence-electron chi connectivity index (χ3n) is 6.81. The third kappa shape index (κ3) is 5.56. The van der Waals surface area contributed by atoms with E-state index in [0.29, 0.717) is 10.9 Å². The van der Waals surface area contributed by atoms with Crippen LogP contribution in [0.4, 0.5) is 15.8 Å². The predicted octanol–water partition coefficient (Wildman–Crippen LogP) is 4.05. The largest absolute Gasteiger partial charge is 0.490 e. The summed E-state index contributed by atoms with van der Waals surface area (Å²) < 4.78 is 31.3. The minimum Gasteiger partial charge on any atom is -0.490 e. The number of ether oxygens (including phenoxy) is 3. The minimum absolute atomic E-state index is 0.0271. The number of pyridine rings is 1. The average Bonchev–Trinajstić information content (AvgIpc) is 3.15. The van der Waals surface area contributed by atoms with E-state index in [1.165, 1.54) is 7.11 Å². The molecule has 0 aliphatic carbocycles. The van der Waals surface area contributed by atoms with E-state index in [0.717, 1.165) is 36.6 Å². The van der Waals surface area contributed by atoms with Crippen LogP contribution in [0, 0.1) is 5.92 Å². The molecule has 2 saturated heterocycles. The summed E-state index contributed by atoms with van der Waals surface area (Å²) >= 11 is 6.38. The van der Waals surface area contributed by atoms with Crippen LogP contribution in [0.1, 0.15) is 19.8 Å². The first-order valence-corrected chi connectivity index (χ1v) is 12.0. The van der Waals surface area contributed by atoms with Gasteiger partial charge in [0.25, 0.3) is 0 Å². The monoisotopic (exact) mass is 507 g/mol. The molecular formula is C25H31ClFN3O5. The Morgan fingerprint density at radius 1 is 1.26 bits per heavy atom. The lowest BCUT2D eigenvalue weighted by Crippen LogP contribution is -2.44. The highest BCUT2D eigenvalue weighted by Crippen LogP contribution is 2.35. The number of hydrogen-bond acceptors (Lipinski definition) is 7. The van der Waals surface area contributed by atoms with Gasteiger partial charge in [0, 0.05) is 44.3 Å². The van der Waals surface area contributed by atoms with Crippen LogP contribution in [0.3, 0.4) is 0 Å². The lowest BCUT2D eigenvalue weighted by atomic mass is 9.96. The van der Waals surface area contributed by atoms with Crippen LogP contribution in [0.25, 0.3) is 0 Å².